The van der Waals surface area contributed by atoms with Gasteiger partial charge < -0.3 is 18.9 Å². The van der Waals surface area contributed by atoms with Gasteiger partial charge in [0.2, 0.25) is 0 Å². The summed E-state index contributed by atoms with van der Waals surface area (Å²) in [7, 11) is -3.93. The summed E-state index contributed by atoms with van der Waals surface area (Å²) in [4.78, 5) is 28.1. The topological polar surface area (TPSA) is 138 Å². The standard InChI is InChI=1S/C21H25N2O8P/c1-13-17(20(25)29-9-8-24)18(15-6-5-7-16(10-15)23(26)27)19(14(2)22-13)32(28)30-11-21(3,4)12-31-32/h5-7,10,24H,8-9,11-12H2,1-4H3. The number of ether oxygens (including phenoxy) is 1. The second-order valence-corrected chi connectivity index (χ2v) is 10.2. The number of aryl methyl sites for hydroxylation is 2. The van der Waals surface area contributed by atoms with Crippen LogP contribution in [0.4, 0.5) is 5.69 Å². The molecule has 11 heteroatoms. The van der Waals surface area contributed by atoms with E-state index in [0.717, 1.165) is 0 Å². The number of carbonyl (C=O) groups excluding carboxylic acids is 1. The second-order valence-electron chi connectivity index (χ2n) is 8.26. The molecule has 32 heavy (non-hydrogen) atoms. The fraction of sp³-hybridized carbons (Fsp3) is 0.429. The van der Waals surface area contributed by atoms with Crippen molar-refractivity contribution in [2.24, 2.45) is 5.41 Å². The number of nitro benzene ring substituents is 1. The van der Waals surface area contributed by atoms with E-state index in [9.17, 15) is 19.5 Å². The monoisotopic (exact) mass is 464 g/mol. The van der Waals surface area contributed by atoms with Crippen molar-refractivity contribution < 1.29 is 33.2 Å². The highest BCUT2D eigenvalue weighted by molar-refractivity contribution is 7.62. The number of nitrogens with zero attached hydrogens (tertiary/aromatic N) is 2. The van der Waals surface area contributed by atoms with Crippen LogP contribution in [0, 0.1) is 29.4 Å². The van der Waals surface area contributed by atoms with Crippen LogP contribution in [0.1, 0.15) is 35.6 Å². The van der Waals surface area contributed by atoms with Crippen LogP contribution in [0.5, 0.6) is 0 Å². The van der Waals surface area contributed by atoms with Crippen molar-refractivity contribution >= 4 is 24.6 Å². The zero-order valence-electron chi connectivity index (χ0n) is 18.3. The summed E-state index contributed by atoms with van der Waals surface area (Å²) in [6, 6.07) is 5.62. The molecule has 0 unspecified atom stereocenters. The Morgan fingerprint density at radius 2 is 1.94 bits per heavy atom. The molecule has 0 radical (unpaired) electrons. The lowest BCUT2D eigenvalue weighted by Crippen LogP contribution is -2.34. The molecule has 1 aromatic heterocycles. The molecule has 1 fully saturated rings. The molecule has 10 nitrogen and oxygen atoms in total. The van der Waals surface area contributed by atoms with Crippen molar-refractivity contribution in [3.8, 4) is 11.1 Å². The van der Waals surface area contributed by atoms with E-state index in [1.54, 1.807) is 19.9 Å². The fourth-order valence-electron chi connectivity index (χ4n) is 3.42. The molecule has 2 aromatic rings. The van der Waals surface area contributed by atoms with E-state index in [-0.39, 0.29) is 65.2 Å². The second kappa shape index (κ2) is 9.07. The molecule has 0 spiro atoms. The SMILES string of the molecule is Cc1nc(C)c(P2(=O)OCC(C)(C)CO2)c(-c2cccc([N+](=O)[O-])c2)c1C(=O)OCCO. The Labute approximate surface area is 185 Å². The van der Waals surface area contributed by atoms with Gasteiger partial charge in [0.15, 0.2) is 0 Å². The van der Waals surface area contributed by atoms with Gasteiger partial charge >= 0.3 is 13.6 Å². The third kappa shape index (κ3) is 4.73. The van der Waals surface area contributed by atoms with Crippen molar-refractivity contribution in [1.29, 1.82) is 0 Å². The number of non-ortho nitro benzene ring substituents is 1. The predicted octanol–water partition coefficient (Wildman–Crippen LogP) is 3.31. The van der Waals surface area contributed by atoms with Gasteiger partial charge in [0, 0.05) is 23.1 Å². The van der Waals surface area contributed by atoms with E-state index in [4.69, 9.17) is 18.9 Å². The Morgan fingerprint density at radius 1 is 1.28 bits per heavy atom. The number of aliphatic hydroxyl groups is 1. The van der Waals surface area contributed by atoms with Crippen molar-refractivity contribution in [2.75, 3.05) is 26.4 Å². The first kappa shape index (κ1) is 24.0. The number of pyridine rings is 1. The summed E-state index contributed by atoms with van der Waals surface area (Å²) in [6.45, 7) is 6.64. The summed E-state index contributed by atoms with van der Waals surface area (Å²) in [6.07, 6.45) is 0. The molecule has 1 aromatic carbocycles. The number of rotatable bonds is 6. The molecule has 0 aliphatic carbocycles. The van der Waals surface area contributed by atoms with Crippen molar-refractivity contribution in [1.82, 2.24) is 4.98 Å². The smallest absolute Gasteiger partial charge is 0.363 e. The summed E-state index contributed by atoms with van der Waals surface area (Å²) < 4.78 is 30.4. The number of esters is 1. The lowest BCUT2D eigenvalue weighted by Gasteiger charge is -2.35. The first-order valence-electron chi connectivity index (χ1n) is 9.93. The molecule has 0 saturated carbocycles. The highest BCUT2D eigenvalue weighted by atomic mass is 31.2. The molecule has 0 bridgehead atoms. The van der Waals surface area contributed by atoms with E-state index >= 15 is 0 Å². The Morgan fingerprint density at radius 3 is 2.53 bits per heavy atom. The van der Waals surface area contributed by atoms with Gasteiger partial charge in [-0.15, -0.1) is 0 Å². The average Bonchev–Trinajstić information content (AvgIpc) is 2.74. The molecule has 1 aliphatic rings. The molecular formula is C21H25N2O8P. The number of aromatic nitrogens is 1. The molecule has 0 amide bonds. The van der Waals surface area contributed by atoms with E-state index < -0.39 is 18.5 Å². The van der Waals surface area contributed by atoms with Gasteiger partial charge in [0.05, 0.1) is 47.0 Å². The normalized spacial score (nSPS) is 17.0. The van der Waals surface area contributed by atoms with E-state index in [1.165, 1.54) is 18.2 Å². The molecule has 2 heterocycles. The minimum atomic E-state index is -3.93. The van der Waals surface area contributed by atoms with Crippen molar-refractivity contribution in [2.45, 2.75) is 27.7 Å². The summed E-state index contributed by atoms with van der Waals surface area (Å²) >= 11 is 0. The first-order valence-corrected chi connectivity index (χ1v) is 11.5. The van der Waals surface area contributed by atoms with Crippen LogP contribution in [-0.4, -0.2) is 47.4 Å². The lowest BCUT2D eigenvalue weighted by atomic mass is 9.97. The number of hydrogen-bond acceptors (Lipinski definition) is 9. The largest absolute Gasteiger partial charge is 0.460 e. The maximum absolute atomic E-state index is 13.8. The molecule has 0 atom stereocenters. The van der Waals surface area contributed by atoms with Crippen LogP contribution in [0.2, 0.25) is 0 Å². The van der Waals surface area contributed by atoms with Gasteiger partial charge in [-0.25, -0.2) is 4.79 Å². The third-order valence-electron chi connectivity index (χ3n) is 4.93. The highest BCUT2D eigenvalue weighted by Crippen LogP contribution is 2.55. The minimum absolute atomic E-state index is 0.0215. The molecule has 1 aliphatic heterocycles. The van der Waals surface area contributed by atoms with Crippen LogP contribution in [0.3, 0.4) is 0 Å². The number of aliphatic hydroxyl groups excluding tert-OH is 1. The Kier molecular flexibility index (Phi) is 6.80. The van der Waals surface area contributed by atoms with Crippen LogP contribution >= 0.6 is 7.60 Å². The maximum Gasteiger partial charge on any atom is 0.363 e. The first-order chi connectivity index (χ1) is 15.0. The van der Waals surface area contributed by atoms with Crippen molar-refractivity contribution in [3.05, 3.63) is 51.3 Å². The Bertz CT molecular complexity index is 1100. The summed E-state index contributed by atoms with van der Waals surface area (Å²) in [5.41, 5.74) is 0.405. The molecule has 1 N–H and O–H groups in total. The quantitative estimate of drug-likeness (QED) is 0.295. The van der Waals surface area contributed by atoms with Crippen molar-refractivity contribution in [3.63, 3.8) is 0 Å². The van der Waals surface area contributed by atoms with Gasteiger partial charge in [-0.05, 0) is 19.4 Å². The molecule has 1 saturated heterocycles. The Balaban J connectivity index is 2.32. The zero-order valence-corrected chi connectivity index (χ0v) is 19.2. The fourth-order valence-corrected chi connectivity index (χ4v) is 5.75. The number of hydrogen-bond donors (Lipinski definition) is 1. The predicted molar refractivity (Wildman–Crippen MR) is 116 cm³/mol. The van der Waals surface area contributed by atoms with E-state index in [1.807, 2.05) is 13.8 Å². The molecule has 172 valence electrons. The minimum Gasteiger partial charge on any atom is -0.460 e. The zero-order chi connectivity index (χ0) is 23.7. The summed E-state index contributed by atoms with van der Waals surface area (Å²) in [5.74, 6) is -0.809. The highest BCUT2D eigenvalue weighted by Gasteiger charge is 2.43. The van der Waals surface area contributed by atoms with Gasteiger partial charge in [0.25, 0.3) is 5.69 Å². The molecule has 3 rings (SSSR count). The van der Waals surface area contributed by atoms with Crippen LogP contribution in [0.15, 0.2) is 24.3 Å². The Hall–Kier alpha value is -2.65. The van der Waals surface area contributed by atoms with Gasteiger partial charge in [-0.2, -0.15) is 0 Å². The van der Waals surface area contributed by atoms with Crippen LogP contribution in [0.25, 0.3) is 11.1 Å². The summed E-state index contributed by atoms with van der Waals surface area (Å²) in [5, 5.41) is 20.5. The third-order valence-corrected chi connectivity index (χ3v) is 6.96. The van der Waals surface area contributed by atoms with Crippen LogP contribution in [-0.2, 0) is 18.3 Å². The lowest BCUT2D eigenvalue weighted by molar-refractivity contribution is -0.384. The van der Waals surface area contributed by atoms with E-state index in [0.29, 0.717) is 5.69 Å². The number of nitro groups is 1. The van der Waals surface area contributed by atoms with Gasteiger partial charge in [-0.1, -0.05) is 26.0 Å². The average molecular weight is 464 g/mol. The van der Waals surface area contributed by atoms with Gasteiger partial charge in [0.1, 0.15) is 6.61 Å². The maximum atomic E-state index is 13.8. The number of benzene rings is 1. The number of carbonyl (C=O) groups is 1. The van der Waals surface area contributed by atoms with Crippen LogP contribution < -0.4 is 5.30 Å². The molecular weight excluding hydrogens is 439 g/mol. The van der Waals surface area contributed by atoms with E-state index in [2.05, 4.69) is 4.98 Å². The van der Waals surface area contributed by atoms with Gasteiger partial charge in [-0.3, -0.25) is 19.7 Å².